The number of aromatic nitrogens is 5. The molecule has 0 saturated carbocycles. The number of aromatic amines is 1. The molecular weight excluding hydrogens is 451 g/mol. The highest BCUT2D eigenvalue weighted by Gasteiger charge is 2.27. The Hall–Kier alpha value is -4.54. The van der Waals surface area contributed by atoms with Crippen molar-refractivity contribution in [2.24, 2.45) is 7.05 Å². The Labute approximate surface area is 199 Å². The summed E-state index contributed by atoms with van der Waals surface area (Å²) in [6.45, 7) is 4.62. The smallest absolute Gasteiger partial charge is 0.246 e. The molecule has 10 nitrogen and oxygen atoms in total. The SMILES string of the molecule is C=CC(=O)N1CCC(Nc2nc(Nc3cnn(C)c3)nc3[nH]cc(C(=O)c4ccc(F)cc4)c23)C1. The van der Waals surface area contributed by atoms with Gasteiger partial charge < -0.3 is 20.5 Å². The number of amides is 1. The normalized spacial score (nSPS) is 15.4. The molecular formula is C24H23FN8O2. The minimum absolute atomic E-state index is 0.0769. The number of halogens is 1. The van der Waals surface area contributed by atoms with E-state index >= 15 is 0 Å². The van der Waals surface area contributed by atoms with Crippen LogP contribution in [0.25, 0.3) is 11.0 Å². The lowest BCUT2D eigenvalue weighted by molar-refractivity contribution is -0.125. The molecule has 1 aliphatic heterocycles. The zero-order chi connectivity index (χ0) is 24.5. The molecule has 4 aromatic rings. The first kappa shape index (κ1) is 22.3. The fraction of sp³-hybridized carbons (Fsp3) is 0.208. The number of benzene rings is 1. The Morgan fingerprint density at radius 1 is 1.26 bits per heavy atom. The second kappa shape index (κ2) is 9.01. The van der Waals surface area contributed by atoms with E-state index in [0.717, 1.165) is 0 Å². The quantitative estimate of drug-likeness (QED) is 0.278. The van der Waals surface area contributed by atoms with Crippen LogP contribution < -0.4 is 10.6 Å². The van der Waals surface area contributed by atoms with Gasteiger partial charge in [0.15, 0.2) is 5.78 Å². The van der Waals surface area contributed by atoms with Crippen LogP contribution in [-0.4, -0.2) is 60.5 Å². The zero-order valence-corrected chi connectivity index (χ0v) is 19.0. The van der Waals surface area contributed by atoms with Crippen molar-refractivity contribution in [1.82, 2.24) is 29.6 Å². The van der Waals surface area contributed by atoms with E-state index < -0.39 is 5.82 Å². The van der Waals surface area contributed by atoms with Gasteiger partial charge in [0.25, 0.3) is 0 Å². The molecule has 178 valence electrons. The standard InChI is InChI=1S/C24H23FN8O2/c1-3-19(34)33-9-8-16(13-33)28-23-20-18(21(35)14-4-6-15(25)7-5-14)11-26-22(20)30-24(31-23)29-17-10-27-32(2)12-17/h3-7,10-12,16H,1,8-9,13H2,2H3,(H3,26,28,29,30,31). The van der Waals surface area contributed by atoms with E-state index in [4.69, 9.17) is 0 Å². The summed E-state index contributed by atoms with van der Waals surface area (Å²) >= 11 is 0. The minimum atomic E-state index is -0.419. The largest absolute Gasteiger partial charge is 0.365 e. The van der Waals surface area contributed by atoms with E-state index in [1.165, 1.54) is 30.3 Å². The highest BCUT2D eigenvalue weighted by atomic mass is 19.1. The molecule has 1 saturated heterocycles. The molecule has 0 bridgehead atoms. The van der Waals surface area contributed by atoms with Crippen LogP contribution in [0.5, 0.6) is 0 Å². The van der Waals surface area contributed by atoms with Crippen LogP contribution in [0.1, 0.15) is 22.3 Å². The van der Waals surface area contributed by atoms with Gasteiger partial charge in [0.05, 0.1) is 22.8 Å². The monoisotopic (exact) mass is 474 g/mol. The number of ketones is 1. The molecule has 1 unspecified atom stereocenters. The van der Waals surface area contributed by atoms with Crippen LogP contribution in [0, 0.1) is 5.82 Å². The maximum atomic E-state index is 13.4. The number of fused-ring (bicyclic) bond motifs is 1. The van der Waals surface area contributed by atoms with Gasteiger partial charge in [-0.2, -0.15) is 15.1 Å². The number of nitrogens with one attached hydrogen (secondary N) is 3. The van der Waals surface area contributed by atoms with Gasteiger partial charge in [-0.05, 0) is 36.8 Å². The molecule has 3 aromatic heterocycles. The molecule has 0 aliphatic carbocycles. The summed E-state index contributed by atoms with van der Waals surface area (Å²) in [4.78, 5) is 39.3. The molecule has 11 heteroatoms. The maximum Gasteiger partial charge on any atom is 0.246 e. The van der Waals surface area contributed by atoms with Crippen molar-refractivity contribution >= 4 is 40.2 Å². The van der Waals surface area contributed by atoms with Gasteiger partial charge in [-0.3, -0.25) is 14.3 Å². The molecule has 5 rings (SSSR count). The van der Waals surface area contributed by atoms with Crippen LogP contribution in [0.3, 0.4) is 0 Å². The Kier molecular flexibility index (Phi) is 5.73. The molecule has 35 heavy (non-hydrogen) atoms. The van der Waals surface area contributed by atoms with Crippen molar-refractivity contribution in [3.05, 3.63) is 72.5 Å². The van der Waals surface area contributed by atoms with E-state index in [0.29, 0.717) is 59.1 Å². The molecule has 3 N–H and O–H groups in total. The fourth-order valence-corrected chi connectivity index (χ4v) is 4.14. The molecule has 0 radical (unpaired) electrons. The number of likely N-dealkylation sites (tertiary alicyclic amines) is 1. The third-order valence-corrected chi connectivity index (χ3v) is 5.86. The van der Waals surface area contributed by atoms with Crippen molar-refractivity contribution in [3.63, 3.8) is 0 Å². The van der Waals surface area contributed by atoms with Crippen molar-refractivity contribution in [2.45, 2.75) is 12.5 Å². The molecule has 1 amide bonds. The zero-order valence-electron chi connectivity index (χ0n) is 19.0. The minimum Gasteiger partial charge on any atom is -0.365 e. The average molecular weight is 475 g/mol. The fourth-order valence-electron chi connectivity index (χ4n) is 4.14. The number of hydrogen-bond acceptors (Lipinski definition) is 7. The van der Waals surface area contributed by atoms with Crippen molar-refractivity contribution in [1.29, 1.82) is 0 Å². The summed E-state index contributed by atoms with van der Waals surface area (Å²) in [6.07, 6.45) is 7.02. The van der Waals surface area contributed by atoms with Gasteiger partial charge in [0.2, 0.25) is 11.9 Å². The summed E-state index contributed by atoms with van der Waals surface area (Å²) in [5.74, 6) is -0.0727. The Morgan fingerprint density at radius 2 is 2.06 bits per heavy atom. The average Bonchev–Trinajstić information content (AvgIpc) is 3.59. The third-order valence-electron chi connectivity index (χ3n) is 5.86. The molecule has 1 atom stereocenters. The van der Waals surface area contributed by atoms with Crippen LogP contribution in [0.4, 0.5) is 21.8 Å². The van der Waals surface area contributed by atoms with E-state index in [9.17, 15) is 14.0 Å². The Morgan fingerprint density at radius 3 is 2.77 bits per heavy atom. The van der Waals surface area contributed by atoms with Gasteiger partial charge in [0.1, 0.15) is 17.3 Å². The van der Waals surface area contributed by atoms with Gasteiger partial charge in [-0.15, -0.1) is 0 Å². The first-order valence-corrected chi connectivity index (χ1v) is 11.0. The molecule has 4 heterocycles. The third kappa shape index (κ3) is 4.47. The van der Waals surface area contributed by atoms with Crippen molar-refractivity contribution in [2.75, 3.05) is 23.7 Å². The number of carbonyl (C=O) groups excluding carboxylic acids is 2. The Balaban J connectivity index is 1.53. The maximum absolute atomic E-state index is 13.4. The lowest BCUT2D eigenvalue weighted by Crippen LogP contribution is -2.30. The lowest BCUT2D eigenvalue weighted by Gasteiger charge is -2.17. The molecule has 1 aliphatic rings. The second-order valence-electron chi connectivity index (χ2n) is 8.30. The lowest BCUT2D eigenvalue weighted by atomic mass is 10.0. The summed E-state index contributed by atoms with van der Waals surface area (Å²) in [5.41, 5.74) is 1.87. The van der Waals surface area contributed by atoms with Crippen molar-refractivity contribution in [3.8, 4) is 0 Å². The highest BCUT2D eigenvalue weighted by Crippen LogP contribution is 2.30. The summed E-state index contributed by atoms with van der Waals surface area (Å²) in [6, 6.07) is 5.30. The number of carbonyl (C=O) groups is 2. The number of hydrogen-bond donors (Lipinski definition) is 3. The molecule has 1 aromatic carbocycles. The number of nitrogens with zero attached hydrogens (tertiary/aromatic N) is 5. The summed E-state index contributed by atoms with van der Waals surface area (Å²) in [5, 5.41) is 11.2. The molecule has 1 fully saturated rings. The summed E-state index contributed by atoms with van der Waals surface area (Å²) < 4.78 is 15.0. The van der Waals surface area contributed by atoms with Gasteiger partial charge in [0, 0.05) is 44.1 Å². The highest BCUT2D eigenvalue weighted by molar-refractivity contribution is 6.18. The topological polar surface area (TPSA) is 121 Å². The van der Waals surface area contributed by atoms with Crippen LogP contribution in [0.15, 0.2) is 55.5 Å². The number of aryl methyl sites for hydroxylation is 1. The van der Waals surface area contributed by atoms with Crippen LogP contribution >= 0.6 is 0 Å². The van der Waals surface area contributed by atoms with Gasteiger partial charge >= 0.3 is 0 Å². The number of H-pyrrole nitrogens is 1. The van der Waals surface area contributed by atoms with Gasteiger partial charge in [-0.25, -0.2) is 4.39 Å². The van der Waals surface area contributed by atoms with E-state index in [-0.39, 0.29) is 17.7 Å². The Bertz CT molecular complexity index is 1430. The van der Waals surface area contributed by atoms with E-state index in [2.05, 4.69) is 37.3 Å². The first-order chi connectivity index (χ1) is 16.9. The first-order valence-electron chi connectivity index (χ1n) is 11.0. The van der Waals surface area contributed by atoms with Crippen LogP contribution in [-0.2, 0) is 11.8 Å². The van der Waals surface area contributed by atoms with E-state index in [1.54, 1.807) is 35.2 Å². The molecule has 0 spiro atoms. The predicted molar refractivity (Wildman–Crippen MR) is 129 cm³/mol. The van der Waals surface area contributed by atoms with Crippen LogP contribution in [0.2, 0.25) is 0 Å². The van der Waals surface area contributed by atoms with Gasteiger partial charge in [-0.1, -0.05) is 6.58 Å². The predicted octanol–water partition coefficient (Wildman–Crippen LogP) is 3.00. The number of anilines is 3. The van der Waals surface area contributed by atoms with E-state index in [1.807, 2.05) is 0 Å². The summed E-state index contributed by atoms with van der Waals surface area (Å²) in [7, 11) is 1.80. The second-order valence-corrected chi connectivity index (χ2v) is 8.30. The number of rotatable bonds is 7. The van der Waals surface area contributed by atoms with Crippen molar-refractivity contribution < 1.29 is 14.0 Å².